The van der Waals surface area contributed by atoms with E-state index in [-0.39, 0.29) is 5.41 Å². The lowest BCUT2D eigenvalue weighted by Crippen LogP contribution is -2.37. The molecule has 0 spiro atoms. The summed E-state index contributed by atoms with van der Waals surface area (Å²) in [5, 5.41) is 8.20. The maximum Gasteiger partial charge on any atom is 0.259 e. The highest BCUT2D eigenvalue weighted by Gasteiger charge is 2.25. The molecule has 0 saturated carbocycles. The van der Waals surface area contributed by atoms with Crippen LogP contribution in [0.2, 0.25) is 0 Å². The smallest absolute Gasteiger partial charge is 0.140 e. The molecule has 1 aromatic rings. The fourth-order valence-corrected chi connectivity index (χ4v) is 1.60. The van der Waals surface area contributed by atoms with Gasteiger partial charge in [0, 0.05) is 5.92 Å². The van der Waals surface area contributed by atoms with Crippen LogP contribution in [0.4, 0.5) is 0 Å². The molecule has 0 aliphatic rings. The highest BCUT2D eigenvalue weighted by atomic mass is 15.6. The minimum atomic E-state index is 0.240. The molecule has 0 bridgehead atoms. The van der Waals surface area contributed by atoms with E-state index in [0.29, 0.717) is 5.92 Å². The lowest BCUT2D eigenvalue weighted by atomic mass is 9.97. The van der Waals surface area contributed by atoms with Gasteiger partial charge < -0.3 is 0 Å². The van der Waals surface area contributed by atoms with Crippen LogP contribution in [0.15, 0.2) is 0 Å². The summed E-state index contributed by atoms with van der Waals surface area (Å²) in [7, 11) is 1.95. The van der Waals surface area contributed by atoms with E-state index in [0.717, 1.165) is 6.54 Å². The molecule has 80 valence electrons. The maximum atomic E-state index is 4.15. The molecule has 1 rings (SSSR count). The van der Waals surface area contributed by atoms with Gasteiger partial charge in [-0.05, 0) is 5.41 Å². The van der Waals surface area contributed by atoms with Crippen molar-refractivity contribution in [2.24, 2.45) is 12.5 Å². The summed E-state index contributed by atoms with van der Waals surface area (Å²) in [5.74, 6) is 1.64. The summed E-state index contributed by atoms with van der Waals surface area (Å²) in [6.45, 7) is 11.9. The summed E-state index contributed by atoms with van der Waals surface area (Å²) in [6.07, 6.45) is 0. The first-order valence-electron chi connectivity index (χ1n) is 5.11. The Morgan fingerprint density at radius 1 is 1.36 bits per heavy atom. The largest absolute Gasteiger partial charge is 0.259 e. The summed E-state index contributed by atoms with van der Waals surface area (Å²) in [4.78, 5) is 0. The molecule has 0 fully saturated rings. The third-order valence-electron chi connectivity index (χ3n) is 2.02. The molecule has 0 atom stereocenters. The van der Waals surface area contributed by atoms with Gasteiger partial charge in [0.25, 0.3) is 5.82 Å². The standard InChI is InChI=1S/C10H21N4/c1-8(2)9-13(6)11-12-14(9)7-10(3,4)5/h8H,7H2,1-6H3/q+1. The second kappa shape index (κ2) is 3.67. The third-order valence-corrected chi connectivity index (χ3v) is 2.02. The van der Waals surface area contributed by atoms with Crippen LogP contribution < -0.4 is 4.68 Å². The summed E-state index contributed by atoms with van der Waals surface area (Å²) < 4.78 is 3.86. The predicted molar refractivity (Wildman–Crippen MR) is 54.7 cm³/mol. The number of hydrogen-bond acceptors (Lipinski definition) is 2. The Morgan fingerprint density at radius 2 is 1.93 bits per heavy atom. The molecule has 0 amide bonds. The van der Waals surface area contributed by atoms with Crippen LogP contribution >= 0.6 is 0 Å². The van der Waals surface area contributed by atoms with Crippen LogP contribution in [0.5, 0.6) is 0 Å². The minimum absolute atomic E-state index is 0.240. The highest BCUT2D eigenvalue weighted by molar-refractivity contribution is 4.83. The Bertz CT molecular complexity index is 306. The van der Waals surface area contributed by atoms with Crippen molar-refractivity contribution in [1.82, 2.24) is 15.1 Å². The fourth-order valence-electron chi connectivity index (χ4n) is 1.60. The normalized spacial score (nSPS) is 12.5. The molecular weight excluding hydrogens is 176 g/mol. The third kappa shape index (κ3) is 2.53. The van der Waals surface area contributed by atoms with Crippen molar-refractivity contribution in [3.8, 4) is 0 Å². The zero-order valence-electron chi connectivity index (χ0n) is 10.1. The van der Waals surface area contributed by atoms with Gasteiger partial charge in [-0.25, -0.2) is 0 Å². The summed E-state index contributed by atoms with van der Waals surface area (Å²) in [6, 6.07) is 0. The Hall–Kier alpha value is -0.930. The molecular formula is C10H21N4+. The van der Waals surface area contributed by atoms with Crippen LogP contribution in [-0.4, -0.2) is 15.1 Å². The first kappa shape index (κ1) is 11.1. The van der Waals surface area contributed by atoms with Crippen molar-refractivity contribution in [3.05, 3.63) is 5.82 Å². The second-order valence-electron chi connectivity index (χ2n) is 5.33. The van der Waals surface area contributed by atoms with Crippen LogP contribution in [0.3, 0.4) is 0 Å². The van der Waals surface area contributed by atoms with E-state index in [4.69, 9.17) is 0 Å². The van der Waals surface area contributed by atoms with Gasteiger partial charge in [-0.3, -0.25) is 0 Å². The van der Waals surface area contributed by atoms with Crippen molar-refractivity contribution in [2.75, 3.05) is 0 Å². The Balaban J connectivity index is 2.98. The molecule has 0 aromatic carbocycles. The average molecular weight is 197 g/mol. The molecule has 0 unspecified atom stereocenters. The lowest BCUT2D eigenvalue weighted by Gasteiger charge is -2.14. The number of hydrogen-bond donors (Lipinski definition) is 0. The Morgan fingerprint density at radius 3 is 2.36 bits per heavy atom. The maximum absolute atomic E-state index is 4.15. The van der Waals surface area contributed by atoms with E-state index < -0.39 is 0 Å². The zero-order chi connectivity index (χ0) is 10.9. The van der Waals surface area contributed by atoms with Crippen molar-refractivity contribution >= 4 is 0 Å². The van der Waals surface area contributed by atoms with Gasteiger partial charge in [-0.2, -0.15) is 0 Å². The molecule has 0 saturated heterocycles. The molecule has 0 aliphatic heterocycles. The number of rotatable bonds is 2. The van der Waals surface area contributed by atoms with Gasteiger partial charge in [-0.15, -0.1) is 4.68 Å². The second-order valence-corrected chi connectivity index (χ2v) is 5.33. The van der Waals surface area contributed by atoms with Crippen LogP contribution in [0.25, 0.3) is 0 Å². The van der Waals surface area contributed by atoms with E-state index in [1.54, 1.807) is 0 Å². The Kier molecular flexibility index (Phi) is 2.92. The van der Waals surface area contributed by atoms with Gasteiger partial charge in [0.1, 0.15) is 11.8 Å². The van der Waals surface area contributed by atoms with Gasteiger partial charge in [-0.1, -0.05) is 39.3 Å². The monoisotopic (exact) mass is 197 g/mol. The van der Waals surface area contributed by atoms with E-state index >= 15 is 0 Å². The number of aromatic nitrogens is 4. The van der Waals surface area contributed by atoms with Gasteiger partial charge in [0.05, 0.1) is 7.05 Å². The van der Waals surface area contributed by atoms with Gasteiger partial charge in [0.2, 0.25) is 0 Å². The van der Waals surface area contributed by atoms with Crippen LogP contribution in [-0.2, 0) is 13.6 Å². The lowest BCUT2D eigenvalue weighted by molar-refractivity contribution is -0.739. The molecule has 4 nitrogen and oxygen atoms in total. The Labute approximate surface area is 85.9 Å². The highest BCUT2D eigenvalue weighted by Crippen LogP contribution is 2.17. The SMILES string of the molecule is CC(C)c1n(CC(C)(C)C)nn[n+]1C. The summed E-state index contributed by atoms with van der Waals surface area (Å²) >= 11 is 0. The average Bonchev–Trinajstić information content (AvgIpc) is 2.27. The first-order valence-corrected chi connectivity index (χ1v) is 5.11. The quantitative estimate of drug-likeness (QED) is 0.669. The minimum Gasteiger partial charge on any atom is -0.140 e. The molecule has 0 radical (unpaired) electrons. The molecule has 1 aromatic heterocycles. The van der Waals surface area contributed by atoms with Crippen molar-refractivity contribution in [2.45, 2.75) is 47.1 Å². The predicted octanol–water partition coefficient (Wildman–Crippen LogP) is 1.27. The van der Waals surface area contributed by atoms with Crippen molar-refractivity contribution in [3.63, 3.8) is 0 Å². The fraction of sp³-hybridized carbons (Fsp3) is 0.900. The van der Waals surface area contributed by atoms with Crippen molar-refractivity contribution in [1.29, 1.82) is 0 Å². The molecule has 1 heterocycles. The van der Waals surface area contributed by atoms with Crippen LogP contribution in [0.1, 0.15) is 46.4 Å². The van der Waals surface area contributed by atoms with E-state index in [1.807, 2.05) is 16.4 Å². The van der Waals surface area contributed by atoms with E-state index in [9.17, 15) is 0 Å². The molecule has 4 heteroatoms. The number of nitrogens with zero attached hydrogens (tertiary/aromatic N) is 4. The molecule has 0 N–H and O–H groups in total. The van der Waals surface area contributed by atoms with Gasteiger partial charge in [0.15, 0.2) is 5.21 Å². The molecule has 0 aliphatic carbocycles. The van der Waals surface area contributed by atoms with E-state index in [1.165, 1.54) is 5.82 Å². The first-order chi connectivity index (χ1) is 6.31. The van der Waals surface area contributed by atoms with Crippen molar-refractivity contribution < 1.29 is 4.68 Å². The number of aryl methyl sites for hydroxylation is 1. The van der Waals surface area contributed by atoms with Gasteiger partial charge >= 0.3 is 0 Å². The summed E-state index contributed by atoms with van der Waals surface area (Å²) in [5.41, 5.74) is 0.240. The van der Waals surface area contributed by atoms with E-state index in [2.05, 4.69) is 45.0 Å². The zero-order valence-corrected chi connectivity index (χ0v) is 10.1. The molecule has 14 heavy (non-hydrogen) atoms. The topological polar surface area (TPSA) is 34.6 Å². The van der Waals surface area contributed by atoms with Crippen LogP contribution in [0, 0.1) is 5.41 Å². The number of tetrazole rings is 1.